The number of benzene rings is 2. The second-order valence-corrected chi connectivity index (χ2v) is 12.3. The number of nitrogens with one attached hydrogen (secondary N) is 1. The zero-order valence-electron chi connectivity index (χ0n) is 15.4. The minimum absolute atomic E-state index is 0.00702. The summed E-state index contributed by atoms with van der Waals surface area (Å²) in [6.07, 6.45) is 0.505. The Morgan fingerprint density at radius 1 is 1.00 bits per heavy atom. The maximum atomic E-state index is 9.82. The fourth-order valence-electron chi connectivity index (χ4n) is 3.91. The van der Waals surface area contributed by atoms with Crippen LogP contribution in [0.1, 0.15) is 27.2 Å². The smallest absolute Gasteiger partial charge is 0.261 e. The van der Waals surface area contributed by atoms with Crippen molar-refractivity contribution < 1.29 is 9.53 Å². The summed E-state index contributed by atoms with van der Waals surface area (Å²) in [5.41, 5.74) is 0. The lowest BCUT2D eigenvalue weighted by atomic mass is 10.2. The molecule has 2 N–H and O–H groups in total. The highest BCUT2D eigenvalue weighted by molar-refractivity contribution is 6.99. The molecule has 2 unspecified atom stereocenters. The van der Waals surface area contributed by atoms with Gasteiger partial charge in [0.1, 0.15) is 0 Å². The van der Waals surface area contributed by atoms with Gasteiger partial charge in [0.25, 0.3) is 8.32 Å². The quantitative estimate of drug-likeness (QED) is 0.809. The fourth-order valence-corrected chi connectivity index (χ4v) is 8.52. The van der Waals surface area contributed by atoms with Crippen molar-refractivity contribution in [1.82, 2.24) is 5.32 Å². The van der Waals surface area contributed by atoms with E-state index < -0.39 is 8.32 Å². The number of hydrogen-bond acceptors (Lipinski definition) is 3. The van der Waals surface area contributed by atoms with E-state index in [0.29, 0.717) is 13.2 Å². The van der Waals surface area contributed by atoms with Crippen molar-refractivity contribution >= 4 is 18.7 Å². The van der Waals surface area contributed by atoms with Gasteiger partial charge in [-0.3, -0.25) is 0 Å². The highest BCUT2D eigenvalue weighted by Gasteiger charge is 2.50. The maximum Gasteiger partial charge on any atom is 0.261 e. The highest BCUT2D eigenvalue weighted by atomic mass is 28.4. The van der Waals surface area contributed by atoms with E-state index in [1.807, 2.05) is 0 Å². The van der Waals surface area contributed by atoms with Crippen LogP contribution < -0.4 is 15.7 Å². The van der Waals surface area contributed by atoms with Gasteiger partial charge in [-0.2, -0.15) is 0 Å². The van der Waals surface area contributed by atoms with Crippen LogP contribution in [0.25, 0.3) is 0 Å². The second kappa shape index (κ2) is 7.42. The molecule has 3 rings (SSSR count). The van der Waals surface area contributed by atoms with Gasteiger partial charge in [-0.05, 0) is 21.8 Å². The van der Waals surface area contributed by atoms with Crippen LogP contribution in [-0.2, 0) is 4.43 Å². The van der Waals surface area contributed by atoms with Gasteiger partial charge in [-0.15, -0.1) is 0 Å². The summed E-state index contributed by atoms with van der Waals surface area (Å²) in [6.45, 7) is 8.15. The van der Waals surface area contributed by atoms with Crippen molar-refractivity contribution in [2.75, 3.05) is 13.2 Å². The van der Waals surface area contributed by atoms with E-state index in [1.165, 1.54) is 10.4 Å². The van der Waals surface area contributed by atoms with Gasteiger partial charge in [0.15, 0.2) is 0 Å². The summed E-state index contributed by atoms with van der Waals surface area (Å²) in [7, 11) is -2.46. The average Bonchev–Trinajstić information content (AvgIpc) is 3.02. The van der Waals surface area contributed by atoms with Gasteiger partial charge in [0.2, 0.25) is 0 Å². The molecule has 1 saturated heterocycles. The third-order valence-corrected chi connectivity index (χ3v) is 10.1. The summed E-state index contributed by atoms with van der Waals surface area (Å²) in [5, 5.41) is 15.8. The van der Waals surface area contributed by atoms with E-state index in [4.69, 9.17) is 4.43 Å². The van der Waals surface area contributed by atoms with Crippen molar-refractivity contribution in [2.24, 2.45) is 0 Å². The molecule has 0 bridgehead atoms. The van der Waals surface area contributed by atoms with Crippen LogP contribution in [0.2, 0.25) is 5.04 Å². The Bertz CT molecular complexity index is 630. The lowest BCUT2D eigenvalue weighted by Gasteiger charge is -2.43. The molecule has 1 heterocycles. The second-order valence-electron chi connectivity index (χ2n) is 7.97. The molecule has 2 aromatic carbocycles. The molecule has 0 radical (unpaired) electrons. The molecule has 0 spiro atoms. The molecule has 1 aliphatic heterocycles. The van der Waals surface area contributed by atoms with E-state index in [1.54, 1.807) is 0 Å². The molecule has 4 heteroatoms. The van der Waals surface area contributed by atoms with Crippen LogP contribution in [0.5, 0.6) is 0 Å². The summed E-state index contributed by atoms with van der Waals surface area (Å²) in [6, 6.07) is 21.6. The molecule has 134 valence electrons. The first-order valence-electron chi connectivity index (χ1n) is 9.10. The molecule has 3 nitrogen and oxygen atoms in total. The number of aliphatic hydroxyl groups excluding tert-OH is 1. The predicted molar refractivity (Wildman–Crippen MR) is 106 cm³/mol. The average molecular weight is 356 g/mol. The molecule has 1 aliphatic rings. The monoisotopic (exact) mass is 355 g/mol. The van der Waals surface area contributed by atoms with Crippen LogP contribution in [0.4, 0.5) is 0 Å². The van der Waals surface area contributed by atoms with E-state index >= 15 is 0 Å². The van der Waals surface area contributed by atoms with E-state index in [9.17, 15) is 5.11 Å². The zero-order chi connectivity index (χ0) is 17.9. The molecule has 25 heavy (non-hydrogen) atoms. The maximum absolute atomic E-state index is 9.82. The molecule has 2 aromatic rings. The van der Waals surface area contributed by atoms with Gasteiger partial charge in [0.05, 0.1) is 12.7 Å². The normalized spacial score (nSPS) is 21.4. The first-order chi connectivity index (χ1) is 11.9. The minimum Gasteiger partial charge on any atom is -0.406 e. The van der Waals surface area contributed by atoms with Crippen LogP contribution in [0.15, 0.2) is 60.7 Å². The number of β-amino-alcohol motifs (C(OH)–C–C–N with tert-alkyl or cyclic N) is 1. The van der Waals surface area contributed by atoms with E-state index in [0.717, 1.165) is 6.42 Å². The first kappa shape index (κ1) is 18.3. The Hall–Kier alpha value is -1.46. The lowest BCUT2D eigenvalue weighted by Crippen LogP contribution is -2.67. The SMILES string of the molecule is CC(C)(C)[Si](OCC1CC(O)CN1)(c1ccccc1)c1ccccc1. The Morgan fingerprint density at radius 3 is 1.92 bits per heavy atom. The van der Waals surface area contributed by atoms with Crippen molar-refractivity contribution in [1.29, 1.82) is 0 Å². The Kier molecular flexibility index (Phi) is 5.44. The molecular formula is C21H29NO2Si. The van der Waals surface area contributed by atoms with Crippen molar-refractivity contribution in [3.63, 3.8) is 0 Å². The standard InChI is InChI=1S/C21H29NO2Si/c1-21(2,3)25(19-10-6-4-7-11-19,20-12-8-5-9-13-20)24-16-17-14-18(23)15-22-17/h4-13,17-18,22-23H,14-16H2,1-3H3. The topological polar surface area (TPSA) is 41.5 Å². The molecule has 2 atom stereocenters. The summed E-state index contributed by atoms with van der Waals surface area (Å²) >= 11 is 0. The van der Waals surface area contributed by atoms with Crippen molar-refractivity contribution in [3.8, 4) is 0 Å². The van der Waals surface area contributed by atoms with Gasteiger partial charge in [0, 0.05) is 12.6 Å². The molecule has 0 aliphatic carbocycles. The Morgan fingerprint density at radius 2 is 1.52 bits per heavy atom. The molecule has 1 fully saturated rings. The third kappa shape index (κ3) is 3.72. The molecular weight excluding hydrogens is 326 g/mol. The zero-order valence-corrected chi connectivity index (χ0v) is 16.4. The van der Waals surface area contributed by atoms with Gasteiger partial charge < -0.3 is 14.8 Å². The van der Waals surface area contributed by atoms with Crippen LogP contribution >= 0.6 is 0 Å². The van der Waals surface area contributed by atoms with Crippen LogP contribution in [0, 0.1) is 0 Å². The van der Waals surface area contributed by atoms with Gasteiger partial charge in [-0.1, -0.05) is 81.4 Å². The van der Waals surface area contributed by atoms with Crippen molar-refractivity contribution in [2.45, 2.75) is 44.4 Å². The molecule has 0 aromatic heterocycles. The van der Waals surface area contributed by atoms with Crippen molar-refractivity contribution in [3.05, 3.63) is 60.7 Å². The van der Waals surface area contributed by atoms with Crippen LogP contribution in [-0.4, -0.2) is 38.7 Å². The largest absolute Gasteiger partial charge is 0.406 e. The van der Waals surface area contributed by atoms with Gasteiger partial charge in [-0.25, -0.2) is 0 Å². The number of hydrogen-bond donors (Lipinski definition) is 2. The minimum atomic E-state index is -2.46. The third-order valence-electron chi connectivity index (χ3n) is 5.12. The predicted octanol–water partition coefficient (Wildman–Crippen LogP) is 2.29. The Balaban J connectivity index is 2.02. The summed E-state index contributed by atoms with van der Waals surface area (Å²) in [5.74, 6) is 0. The summed E-state index contributed by atoms with van der Waals surface area (Å²) < 4.78 is 6.86. The lowest BCUT2D eigenvalue weighted by molar-refractivity contribution is 0.186. The number of rotatable bonds is 5. The molecule has 0 amide bonds. The highest BCUT2D eigenvalue weighted by Crippen LogP contribution is 2.36. The fraction of sp³-hybridized carbons (Fsp3) is 0.429. The summed E-state index contributed by atoms with van der Waals surface area (Å²) in [4.78, 5) is 0. The first-order valence-corrected chi connectivity index (χ1v) is 11.0. The van der Waals surface area contributed by atoms with E-state index in [2.05, 4.69) is 86.8 Å². The van der Waals surface area contributed by atoms with Crippen LogP contribution in [0.3, 0.4) is 0 Å². The van der Waals surface area contributed by atoms with Gasteiger partial charge >= 0.3 is 0 Å². The number of aliphatic hydroxyl groups is 1. The Labute approximate surface area is 152 Å². The van der Waals surface area contributed by atoms with E-state index in [-0.39, 0.29) is 17.2 Å². The molecule has 0 saturated carbocycles.